The van der Waals surface area contributed by atoms with E-state index in [2.05, 4.69) is 15.2 Å². The smallest absolute Gasteiger partial charge is 0.252 e. The number of benzene rings is 2. The summed E-state index contributed by atoms with van der Waals surface area (Å²) in [7, 11) is -3.67. The Balaban J connectivity index is 1.24. The third-order valence-corrected chi connectivity index (χ3v) is 8.94. The molecule has 9 nitrogen and oxygen atoms in total. The lowest BCUT2D eigenvalue weighted by atomic mass is 10.1. The zero-order valence-corrected chi connectivity index (χ0v) is 21.3. The van der Waals surface area contributed by atoms with Gasteiger partial charge >= 0.3 is 0 Å². The maximum atomic E-state index is 14.1. The number of halogens is 1. The second kappa shape index (κ2) is 10.6. The first-order valence-electron chi connectivity index (χ1n) is 12.5. The van der Waals surface area contributed by atoms with E-state index in [1.165, 1.54) is 34.6 Å². The van der Waals surface area contributed by atoms with E-state index in [-0.39, 0.29) is 16.3 Å². The highest BCUT2D eigenvalue weighted by molar-refractivity contribution is 7.89. The number of carbonyl (C=O) groups is 1. The van der Waals surface area contributed by atoms with Crippen LogP contribution in [0.15, 0.2) is 58.2 Å². The van der Waals surface area contributed by atoms with Gasteiger partial charge in [-0.3, -0.25) is 14.5 Å². The summed E-state index contributed by atoms with van der Waals surface area (Å²) in [5, 5.41) is 3.25. The molecule has 0 bridgehead atoms. The summed E-state index contributed by atoms with van der Waals surface area (Å²) < 4.78 is 41.6. The van der Waals surface area contributed by atoms with E-state index in [0.29, 0.717) is 55.9 Å². The van der Waals surface area contributed by atoms with Gasteiger partial charge in [0.25, 0.3) is 5.91 Å². The highest BCUT2D eigenvalue weighted by Crippen LogP contribution is 2.25. The summed E-state index contributed by atoms with van der Waals surface area (Å²) in [5.41, 5.74) is 0.712. The van der Waals surface area contributed by atoms with Crippen LogP contribution in [-0.4, -0.2) is 80.9 Å². The van der Waals surface area contributed by atoms with Gasteiger partial charge in [-0.25, -0.2) is 12.8 Å². The highest BCUT2D eigenvalue weighted by atomic mass is 32.2. The van der Waals surface area contributed by atoms with E-state index in [4.69, 9.17) is 0 Å². The van der Waals surface area contributed by atoms with Gasteiger partial charge < -0.3 is 15.2 Å². The first-order chi connectivity index (χ1) is 17.8. The molecule has 0 saturated carbocycles. The molecular formula is C26H30FN5O4S. The Bertz CT molecular complexity index is 1460. The second-order valence-electron chi connectivity index (χ2n) is 9.40. The van der Waals surface area contributed by atoms with Crippen LogP contribution in [0.5, 0.6) is 0 Å². The summed E-state index contributed by atoms with van der Waals surface area (Å²) in [6.45, 7) is 4.75. The quantitative estimate of drug-likeness (QED) is 0.487. The molecule has 2 aromatic carbocycles. The van der Waals surface area contributed by atoms with Crippen LogP contribution < -0.4 is 15.8 Å². The largest absolute Gasteiger partial charge is 0.367 e. The maximum absolute atomic E-state index is 14.1. The number of amides is 1. The lowest BCUT2D eigenvalue weighted by Crippen LogP contribution is -2.48. The summed E-state index contributed by atoms with van der Waals surface area (Å²) in [6.07, 6.45) is 1.65. The van der Waals surface area contributed by atoms with E-state index in [1.807, 2.05) is 11.0 Å². The van der Waals surface area contributed by atoms with Crippen molar-refractivity contribution in [2.24, 2.45) is 0 Å². The number of rotatable bonds is 7. The van der Waals surface area contributed by atoms with E-state index < -0.39 is 21.5 Å². The summed E-state index contributed by atoms with van der Waals surface area (Å²) in [5.74, 6) is -0.665. The Kier molecular flexibility index (Phi) is 7.27. The number of sulfonamides is 1. The third-order valence-electron chi connectivity index (χ3n) is 7.04. The van der Waals surface area contributed by atoms with Crippen LogP contribution in [0.2, 0.25) is 0 Å². The van der Waals surface area contributed by atoms with Crippen LogP contribution in [0.25, 0.3) is 10.9 Å². The molecule has 3 aromatic rings. The molecule has 1 aromatic heterocycles. The van der Waals surface area contributed by atoms with Gasteiger partial charge in [0, 0.05) is 69.3 Å². The predicted molar refractivity (Wildman–Crippen MR) is 140 cm³/mol. The van der Waals surface area contributed by atoms with Crippen molar-refractivity contribution in [2.45, 2.75) is 17.7 Å². The van der Waals surface area contributed by atoms with Crippen LogP contribution in [0.4, 0.5) is 10.1 Å². The standard InChI is InChI=1S/C26H30FN5O4S/c27-22-5-1-2-6-24(22)31-15-13-30(14-16-31)12-9-28-26(34)21-18-25(33)29-23-8-7-19(17-20(21)23)37(35,36)32-10-3-4-11-32/h1-2,5-8,17-18H,3-4,9-16H2,(H,28,34)(H,29,33). The molecule has 0 spiro atoms. The molecule has 5 rings (SSSR count). The number of nitrogens with one attached hydrogen (secondary N) is 2. The lowest BCUT2D eigenvalue weighted by molar-refractivity contribution is 0.0949. The average molecular weight is 528 g/mol. The van der Waals surface area contributed by atoms with Crippen LogP contribution in [0, 0.1) is 5.82 Å². The Labute approximate surface area is 214 Å². The molecule has 0 unspecified atom stereocenters. The SMILES string of the molecule is O=C(NCCN1CCN(c2ccccc2F)CC1)c1cc(=O)[nH]c2ccc(S(=O)(=O)N3CCCC3)cc12. The number of H-pyrrole nitrogens is 1. The van der Waals surface area contributed by atoms with E-state index in [1.54, 1.807) is 12.1 Å². The molecule has 37 heavy (non-hydrogen) atoms. The summed E-state index contributed by atoms with van der Waals surface area (Å²) >= 11 is 0. The Morgan fingerprint density at radius 3 is 2.43 bits per heavy atom. The minimum absolute atomic E-state index is 0.107. The zero-order valence-electron chi connectivity index (χ0n) is 20.5. The van der Waals surface area contributed by atoms with Crippen LogP contribution >= 0.6 is 0 Å². The monoisotopic (exact) mass is 527 g/mol. The van der Waals surface area contributed by atoms with E-state index in [0.717, 1.165) is 25.9 Å². The first-order valence-corrected chi connectivity index (χ1v) is 13.9. The Morgan fingerprint density at radius 1 is 0.973 bits per heavy atom. The van der Waals surface area contributed by atoms with Crippen LogP contribution in [0.3, 0.4) is 0 Å². The average Bonchev–Trinajstić information content (AvgIpc) is 3.45. The van der Waals surface area contributed by atoms with Gasteiger partial charge in [0.1, 0.15) is 5.82 Å². The van der Waals surface area contributed by atoms with E-state index in [9.17, 15) is 22.4 Å². The van der Waals surface area contributed by atoms with Crippen molar-refractivity contribution in [2.75, 3.05) is 57.3 Å². The number of hydrogen-bond donors (Lipinski definition) is 2. The fraction of sp³-hybridized carbons (Fsp3) is 0.385. The number of nitrogens with zero attached hydrogens (tertiary/aromatic N) is 3. The first kappa shape index (κ1) is 25.4. The number of aromatic nitrogens is 1. The Morgan fingerprint density at radius 2 is 1.70 bits per heavy atom. The molecule has 0 atom stereocenters. The molecule has 1 amide bonds. The van der Waals surface area contributed by atoms with Gasteiger partial charge in [-0.2, -0.15) is 4.31 Å². The normalized spacial score (nSPS) is 17.4. The van der Waals surface area contributed by atoms with Crippen molar-refractivity contribution in [1.29, 1.82) is 0 Å². The van der Waals surface area contributed by atoms with Crippen LogP contribution in [-0.2, 0) is 10.0 Å². The molecule has 0 radical (unpaired) electrons. The fourth-order valence-electron chi connectivity index (χ4n) is 5.00. The van der Waals surface area contributed by atoms with Crippen molar-refractivity contribution in [1.82, 2.24) is 19.5 Å². The predicted octanol–water partition coefficient (Wildman–Crippen LogP) is 2.00. The van der Waals surface area contributed by atoms with Gasteiger partial charge in [-0.05, 0) is 43.2 Å². The minimum atomic E-state index is -3.67. The summed E-state index contributed by atoms with van der Waals surface area (Å²) in [6, 6.07) is 12.4. The van der Waals surface area contributed by atoms with Gasteiger partial charge in [-0.15, -0.1) is 0 Å². The Hall–Kier alpha value is -3.28. The molecule has 2 saturated heterocycles. The molecule has 196 valence electrons. The van der Waals surface area contributed by atoms with Crippen molar-refractivity contribution in [3.05, 3.63) is 70.3 Å². The minimum Gasteiger partial charge on any atom is -0.367 e. The van der Waals surface area contributed by atoms with Crippen molar-refractivity contribution >= 4 is 32.5 Å². The third kappa shape index (κ3) is 5.39. The van der Waals surface area contributed by atoms with Crippen molar-refractivity contribution in [3.8, 4) is 0 Å². The maximum Gasteiger partial charge on any atom is 0.252 e. The molecule has 11 heteroatoms. The number of hydrogen-bond acceptors (Lipinski definition) is 6. The highest BCUT2D eigenvalue weighted by Gasteiger charge is 2.28. The number of aromatic amines is 1. The van der Waals surface area contributed by atoms with E-state index >= 15 is 0 Å². The van der Waals surface area contributed by atoms with Crippen molar-refractivity contribution < 1.29 is 17.6 Å². The van der Waals surface area contributed by atoms with Gasteiger partial charge in [0.05, 0.1) is 16.1 Å². The number of pyridine rings is 1. The fourth-order valence-corrected chi connectivity index (χ4v) is 6.55. The molecule has 0 aliphatic carbocycles. The number of para-hydroxylation sites is 1. The molecule has 2 aliphatic rings. The topological polar surface area (TPSA) is 106 Å². The van der Waals surface area contributed by atoms with Gasteiger partial charge in [0.2, 0.25) is 15.6 Å². The number of fused-ring (bicyclic) bond motifs is 1. The summed E-state index contributed by atoms with van der Waals surface area (Å²) in [4.78, 5) is 32.2. The molecule has 2 aliphatic heterocycles. The second-order valence-corrected chi connectivity index (χ2v) is 11.3. The number of anilines is 1. The molecular weight excluding hydrogens is 497 g/mol. The number of piperazine rings is 1. The van der Waals surface area contributed by atoms with Crippen LogP contribution in [0.1, 0.15) is 23.2 Å². The van der Waals surface area contributed by atoms with Gasteiger partial charge in [-0.1, -0.05) is 12.1 Å². The molecule has 3 heterocycles. The van der Waals surface area contributed by atoms with Gasteiger partial charge in [0.15, 0.2) is 0 Å². The van der Waals surface area contributed by atoms with Crippen molar-refractivity contribution in [3.63, 3.8) is 0 Å². The lowest BCUT2D eigenvalue weighted by Gasteiger charge is -2.36. The zero-order chi connectivity index (χ0) is 26.0. The number of carbonyl (C=O) groups excluding carboxylic acids is 1. The molecule has 2 N–H and O–H groups in total. The molecule has 2 fully saturated rings.